The molecule has 1 aliphatic heterocycles. The normalized spacial score (nSPS) is 18.5. The molecule has 0 spiro atoms. The van der Waals surface area contributed by atoms with Crippen LogP contribution >= 0.6 is 0 Å². The molecular formula is C17H27NO6. The maximum Gasteiger partial charge on any atom is 0.415 e. The first-order chi connectivity index (χ1) is 10.8. The molecule has 1 rings (SSSR count). The van der Waals surface area contributed by atoms with Crippen molar-refractivity contribution in [3.05, 3.63) is 12.0 Å². The second-order valence-electron chi connectivity index (χ2n) is 7.66. The minimum Gasteiger partial charge on any atom is -0.458 e. The summed E-state index contributed by atoms with van der Waals surface area (Å²) in [7, 11) is 0. The molecule has 0 N–H and O–H groups in total. The molecule has 0 bridgehead atoms. The number of esters is 2. The monoisotopic (exact) mass is 341 g/mol. The molecule has 0 aromatic carbocycles. The van der Waals surface area contributed by atoms with Crippen molar-refractivity contribution in [2.24, 2.45) is 0 Å². The highest BCUT2D eigenvalue weighted by Gasteiger charge is 2.38. The molecule has 0 aromatic rings. The summed E-state index contributed by atoms with van der Waals surface area (Å²) < 4.78 is 15.8. The predicted molar refractivity (Wildman–Crippen MR) is 86.8 cm³/mol. The van der Waals surface area contributed by atoms with Gasteiger partial charge in [0.05, 0.1) is 0 Å². The highest BCUT2D eigenvalue weighted by Crippen LogP contribution is 2.26. The molecule has 7 heteroatoms. The number of carbonyl (C=O) groups excluding carboxylic acids is 3. The maximum atomic E-state index is 12.4. The van der Waals surface area contributed by atoms with Gasteiger partial charge in [0, 0.05) is 19.5 Å². The minimum atomic E-state index is -0.821. The Morgan fingerprint density at radius 2 is 1.58 bits per heavy atom. The number of nitrogens with zero attached hydrogens (tertiary/aromatic N) is 1. The summed E-state index contributed by atoms with van der Waals surface area (Å²) in [5.41, 5.74) is -1.39. The van der Waals surface area contributed by atoms with Crippen LogP contribution in [-0.4, -0.2) is 40.2 Å². The fourth-order valence-electron chi connectivity index (χ4n) is 2.09. The van der Waals surface area contributed by atoms with E-state index >= 15 is 0 Å². The first-order valence-electron chi connectivity index (χ1n) is 7.92. The fourth-order valence-corrected chi connectivity index (χ4v) is 2.09. The average molecular weight is 341 g/mol. The first-order valence-corrected chi connectivity index (χ1v) is 7.92. The highest BCUT2D eigenvalue weighted by molar-refractivity contribution is 5.83. The largest absolute Gasteiger partial charge is 0.458 e. The first kappa shape index (κ1) is 20.0. The molecule has 0 saturated carbocycles. The lowest BCUT2D eigenvalue weighted by Gasteiger charge is -2.34. The zero-order valence-corrected chi connectivity index (χ0v) is 15.5. The number of hydrogen-bond donors (Lipinski definition) is 0. The molecular weight excluding hydrogens is 314 g/mol. The van der Waals surface area contributed by atoms with Crippen LogP contribution in [0.15, 0.2) is 12.0 Å². The third-order valence-electron chi connectivity index (χ3n) is 2.84. The quantitative estimate of drug-likeness (QED) is 0.567. The van der Waals surface area contributed by atoms with Crippen LogP contribution in [-0.2, 0) is 23.8 Å². The van der Waals surface area contributed by atoms with E-state index in [0.29, 0.717) is 12.2 Å². The molecule has 0 unspecified atom stereocenters. The molecule has 0 radical (unpaired) electrons. The van der Waals surface area contributed by atoms with Gasteiger partial charge in [0.1, 0.15) is 23.0 Å². The Labute approximate surface area is 142 Å². The molecule has 7 nitrogen and oxygen atoms in total. The summed E-state index contributed by atoms with van der Waals surface area (Å²) in [6.45, 7) is 11.7. The summed E-state index contributed by atoms with van der Waals surface area (Å²) in [4.78, 5) is 37.1. The van der Waals surface area contributed by atoms with Crippen molar-refractivity contribution < 1.29 is 28.6 Å². The highest BCUT2D eigenvalue weighted by atomic mass is 16.6. The van der Waals surface area contributed by atoms with Gasteiger partial charge in [-0.15, -0.1) is 0 Å². The smallest absolute Gasteiger partial charge is 0.415 e. The molecule has 1 heterocycles. The van der Waals surface area contributed by atoms with Crippen LogP contribution in [0.3, 0.4) is 0 Å². The predicted octanol–water partition coefficient (Wildman–Crippen LogP) is 3.13. The van der Waals surface area contributed by atoms with Gasteiger partial charge in [0.25, 0.3) is 0 Å². The third-order valence-corrected chi connectivity index (χ3v) is 2.84. The van der Waals surface area contributed by atoms with E-state index in [9.17, 15) is 14.4 Å². The van der Waals surface area contributed by atoms with Crippen molar-refractivity contribution in [2.75, 3.05) is 0 Å². The van der Waals surface area contributed by atoms with Gasteiger partial charge in [0.15, 0.2) is 0 Å². The summed E-state index contributed by atoms with van der Waals surface area (Å²) in [5.74, 6) is -0.694. The Bertz CT molecular complexity index is 538. The molecule has 0 saturated heterocycles. The van der Waals surface area contributed by atoms with Crippen LogP contribution in [0.2, 0.25) is 0 Å². The van der Waals surface area contributed by atoms with Gasteiger partial charge in [-0.3, -0.25) is 9.69 Å². The van der Waals surface area contributed by atoms with E-state index < -0.39 is 35.3 Å². The van der Waals surface area contributed by atoms with E-state index in [0.717, 1.165) is 4.90 Å². The van der Waals surface area contributed by atoms with Gasteiger partial charge in [-0.05, 0) is 48.0 Å². The van der Waals surface area contributed by atoms with E-state index in [-0.39, 0.29) is 6.42 Å². The average Bonchev–Trinajstić information content (AvgIpc) is 2.33. The number of rotatable bonds is 2. The number of hydrogen-bond acceptors (Lipinski definition) is 6. The Morgan fingerprint density at radius 1 is 1.04 bits per heavy atom. The van der Waals surface area contributed by atoms with Crippen LogP contribution in [0.1, 0.15) is 61.3 Å². The number of carbonyl (C=O) groups is 3. The lowest BCUT2D eigenvalue weighted by molar-refractivity contribution is -0.161. The zero-order chi connectivity index (χ0) is 18.7. The van der Waals surface area contributed by atoms with E-state index in [1.165, 1.54) is 13.1 Å². The van der Waals surface area contributed by atoms with E-state index in [1.807, 2.05) is 0 Å². The van der Waals surface area contributed by atoms with Gasteiger partial charge in [0.2, 0.25) is 0 Å². The van der Waals surface area contributed by atoms with Crippen molar-refractivity contribution in [3.8, 4) is 0 Å². The standard InChI is InChI=1S/C17H27NO6/c1-11(19)22-12-8-9-13(14(20)23-16(2,3)4)18(10-12)15(21)24-17(5,6)7/h10,13H,8-9H2,1-7H3/t13-/m0/s1. The summed E-state index contributed by atoms with van der Waals surface area (Å²) in [6, 6.07) is -0.821. The Kier molecular flexibility index (Phi) is 6.03. The Balaban J connectivity index is 3.05. The molecule has 1 aliphatic rings. The van der Waals surface area contributed by atoms with Crippen molar-refractivity contribution >= 4 is 18.0 Å². The van der Waals surface area contributed by atoms with Crippen molar-refractivity contribution in [1.82, 2.24) is 4.90 Å². The van der Waals surface area contributed by atoms with Gasteiger partial charge in [-0.1, -0.05) is 0 Å². The minimum absolute atomic E-state index is 0.285. The molecule has 0 fully saturated rings. The van der Waals surface area contributed by atoms with Crippen molar-refractivity contribution in [1.29, 1.82) is 0 Å². The molecule has 24 heavy (non-hydrogen) atoms. The molecule has 136 valence electrons. The van der Waals surface area contributed by atoms with Crippen LogP contribution in [0.4, 0.5) is 4.79 Å². The molecule has 1 atom stereocenters. The van der Waals surface area contributed by atoms with Crippen LogP contribution in [0, 0.1) is 0 Å². The van der Waals surface area contributed by atoms with Crippen LogP contribution in [0.25, 0.3) is 0 Å². The lowest BCUT2D eigenvalue weighted by atomic mass is 10.1. The van der Waals surface area contributed by atoms with Gasteiger partial charge in [-0.25, -0.2) is 9.59 Å². The van der Waals surface area contributed by atoms with Crippen molar-refractivity contribution in [2.45, 2.75) is 78.6 Å². The second-order valence-corrected chi connectivity index (χ2v) is 7.66. The Morgan fingerprint density at radius 3 is 2.04 bits per heavy atom. The van der Waals surface area contributed by atoms with Crippen LogP contribution < -0.4 is 0 Å². The van der Waals surface area contributed by atoms with E-state index in [1.54, 1.807) is 41.5 Å². The molecule has 0 aliphatic carbocycles. The topological polar surface area (TPSA) is 82.1 Å². The Hall–Kier alpha value is -2.05. The van der Waals surface area contributed by atoms with Gasteiger partial charge < -0.3 is 14.2 Å². The zero-order valence-electron chi connectivity index (χ0n) is 15.5. The lowest BCUT2D eigenvalue weighted by Crippen LogP contribution is -2.48. The summed E-state index contributed by atoms with van der Waals surface area (Å²) in [6.07, 6.45) is 1.28. The van der Waals surface area contributed by atoms with Crippen molar-refractivity contribution in [3.63, 3.8) is 0 Å². The number of allylic oxidation sites excluding steroid dienone is 1. The van der Waals surface area contributed by atoms with Gasteiger partial charge in [-0.2, -0.15) is 0 Å². The SMILES string of the molecule is CC(=O)OC1=CN(C(=O)OC(C)(C)C)[C@H](C(=O)OC(C)(C)C)CC1. The number of amides is 1. The summed E-state index contributed by atoms with van der Waals surface area (Å²) in [5, 5.41) is 0. The van der Waals surface area contributed by atoms with Crippen LogP contribution in [0.5, 0.6) is 0 Å². The second kappa shape index (κ2) is 7.23. The van der Waals surface area contributed by atoms with Gasteiger partial charge >= 0.3 is 18.0 Å². The van der Waals surface area contributed by atoms with E-state index in [4.69, 9.17) is 14.2 Å². The number of ether oxygens (including phenoxy) is 3. The molecule has 1 amide bonds. The maximum absolute atomic E-state index is 12.4. The molecule has 0 aromatic heterocycles. The van der Waals surface area contributed by atoms with E-state index in [2.05, 4.69) is 0 Å². The third kappa shape index (κ3) is 6.60. The fraction of sp³-hybridized carbons (Fsp3) is 0.706. The summed E-state index contributed by atoms with van der Waals surface area (Å²) >= 11 is 0.